The molecule has 0 amide bonds. The van der Waals surface area contributed by atoms with Crippen molar-refractivity contribution in [2.45, 2.75) is 363 Å². The summed E-state index contributed by atoms with van der Waals surface area (Å²) in [7, 11) is -9.90. The Bertz CT molecular complexity index is 1770. The third-order valence-electron chi connectivity index (χ3n) is 16.4. The number of unbranched alkanes of at least 4 members (excludes halogenated alkanes) is 32. The van der Waals surface area contributed by atoms with E-state index in [1.807, 2.05) is 0 Å². The highest BCUT2D eigenvalue weighted by Crippen LogP contribution is 2.45. The van der Waals surface area contributed by atoms with Crippen molar-refractivity contribution in [1.82, 2.24) is 0 Å². The second-order valence-electron chi connectivity index (χ2n) is 26.9. The molecule has 6 atom stereocenters. The molecule has 0 aliphatic carbocycles. The van der Waals surface area contributed by atoms with Gasteiger partial charge in [0.2, 0.25) is 0 Å². The van der Waals surface area contributed by atoms with Crippen LogP contribution in [-0.4, -0.2) is 96.7 Å². The molecule has 0 fully saturated rings. The number of hydrogen-bond acceptors (Lipinski definition) is 15. The Morgan fingerprint density at radius 3 is 0.798 bits per heavy atom. The van der Waals surface area contributed by atoms with Crippen LogP contribution in [0.25, 0.3) is 0 Å². The van der Waals surface area contributed by atoms with Crippen LogP contribution in [0.15, 0.2) is 0 Å². The van der Waals surface area contributed by atoms with E-state index < -0.39 is 97.5 Å². The van der Waals surface area contributed by atoms with Crippen molar-refractivity contribution in [2.75, 3.05) is 39.6 Å². The maximum atomic E-state index is 13.0. The van der Waals surface area contributed by atoms with Crippen LogP contribution in [0.5, 0.6) is 0 Å². The molecule has 3 unspecified atom stereocenters. The van der Waals surface area contributed by atoms with Gasteiger partial charge in [0.25, 0.3) is 0 Å². The van der Waals surface area contributed by atoms with Crippen LogP contribution in [0.3, 0.4) is 0 Å². The van der Waals surface area contributed by atoms with E-state index in [2.05, 4.69) is 55.4 Å². The molecule has 3 N–H and O–H groups in total. The number of hydrogen-bond donors (Lipinski definition) is 3. The molecule has 0 saturated carbocycles. The molecule has 0 bridgehead atoms. The number of carbonyl (C=O) groups is 4. The molecular formula is C70H136O17P2. The smallest absolute Gasteiger partial charge is 0.462 e. The van der Waals surface area contributed by atoms with Crippen molar-refractivity contribution in [3.8, 4) is 0 Å². The number of phosphoric ester groups is 2. The average Bonchev–Trinajstić information content (AvgIpc) is 3.55. The zero-order valence-electron chi connectivity index (χ0n) is 58.1. The first kappa shape index (κ1) is 87.1. The maximum Gasteiger partial charge on any atom is 0.472 e. The molecule has 0 aromatic rings. The third-order valence-corrected chi connectivity index (χ3v) is 18.3. The molecule has 0 aliphatic heterocycles. The Kier molecular flexibility index (Phi) is 58.5. The molecule has 0 rings (SSSR count). The van der Waals surface area contributed by atoms with Gasteiger partial charge in [0.05, 0.1) is 26.4 Å². The number of phosphoric acid groups is 2. The van der Waals surface area contributed by atoms with Crippen molar-refractivity contribution in [2.24, 2.45) is 23.7 Å². The molecular weight excluding hydrogens is 1170 g/mol. The van der Waals surface area contributed by atoms with Gasteiger partial charge in [-0.2, -0.15) is 0 Å². The highest BCUT2D eigenvalue weighted by molar-refractivity contribution is 7.47. The largest absolute Gasteiger partial charge is 0.472 e. The van der Waals surface area contributed by atoms with Gasteiger partial charge >= 0.3 is 39.5 Å². The first-order valence-corrected chi connectivity index (χ1v) is 39.2. The average molecular weight is 1310 g/mol. The molecule has 0 heterocycles. The SMILES string of the molecule is CCC(C)CCCCCCCCC(=O)OC[C@H](COP(=O)(O)OC[C@H](O)COP(=O)(O)OC[C@@H](COC(=O)CCCCCCCCCCCCCCCCC(C)C)OC(=O)CCCCCCCCC(C)C)OC(=O)CCCCCCCCCCCCC(C)C. The molecule has 0 saturated heterocycles. The van der Waals surface area contributed by atoms with E-state index in [1.165, 1.54) is 141 Å². The van der Waals surface area contributed by atoms with Gasteiger partial charge in [-0.25, -0.2) is 9.13 Å². The molecule has 0 radical (unpaired) electrons. The Balaban J connectivity index is 5.19. The van der Waals surface area contributed by atoms with Crippen molar-refractivity contribution in [3.63, 3.8) is 0 Å². The van der Waals surface area contributed by atoms with E-state index >= 15 is 0 Å². The minimum Gasteiger partial charge on any atom is -0.462 e. The second kappa shape index (κ2) is 59.8. The van der Waals surface area contributed by atoms with Gasteiger partial charge in [0.1, 0.15) is 19.3 Å². The van der Waals surface area contributed by atoms with Gasteiger partial charge in [-0.15, -0.1) is 0 Å². The van der Waals surface area contributed by atoms with Crippen LogP contribution in [0, 0.1) is 23.7 Å². The van der Waals surface area contributed by atoms with Crippen LogP contribution in [0.1, 0.15) is 344 Å². The fraction of sp³-hybridized carbons (Fsp3) is 0.943. The summed E-state index contributed by atoms with van der Waals surface area (Å²) in [6.45, 7) is 14.0. The summed E-state index contributed by atoms with van der Waals surface area (Å²) in [6.07, 6.45) is 41.9. The zero-order chi connectivity index (χ0) is 66.1. The lowest BCUT2D eigenvalue weighted by Gasteiger charge is -2.21. The summed E-state index contributed by atoms with van der Waals surface area (Å²) in [6, 6.07) is 0. The highest BCUT2D eigenvalue weighted by Gasteiger charge is 2.30. The van der Waals surface area contributed by atoms with Crippen molar-refractivity contribution < 1.29 is 80.2 Å². The molecule has 0 spiro atoms. The summed E-state index contributed by atoms with van der Waals surface area (Å²) in [4.78, 5) is 72.5. The van der Waals surface area contributed by atoms with E-state index in [0.29, 0.717) is 31.6 Å². The Labute approximate surface area is 543 Å². The van der Waals surface area contributed by atoms with Gasteiger partial charge in [0.15, 0.2) is 12.2 Å². The third kappa shape index (κ3) is 63.2. The van der Waals surface area contributed by atoms with Crippen LogP contribution in [-0.2, 0) is 65.4 Å². The first-order valence-electron chi connectivity index (χ1n) is 36.2. The number of ether oxygens (including phenoxy) is 4. The van der Waals surface area contributed by atoms with Gasteiger partial charge in [-0.3, -0.25) is 37.3 Å². The van der Waals surface area contributed by atoms with Crippen molar-refractivity contribution in [3.05, 3.63) is 0 Å². The summed E-state index contributed by atoms with van der Waals surface area (Å²) in [5.41, 5.74) is 0. The lowest BCUT2D eigenvalue weighted by molar-refractivity contribution is -0.161. The molecule has 19 heteroatoms. The van der Waals surface area contributed by atoms with Crippen molar-refractivity contribution in [1.29, 1.82) is 0 Å². The number of carbonyl (C=O) groups excluding carboxylic acids is 4. The van der Waals surface area contributed by atoms with Gasteiger partial charge in [0, 0.05) is 25.7 Å². The van der Waals surface area contributed by atoms with Crippen LogP contribution in [0.4, 0.5) is 0 Å². The van der Waals surface area contributed by atoms with E-state index in [0.717, 1.165) is 114 Å². The van der Waals surface area contributed by atoms with Gasteiger partial charge < -0.3 is 33.8 Å². The van der Waals surface area contributed by atoms with E-state index in [9.17, 15) is 43.2 Å². The quantitative estimate of drug-likeness (QED) is 0.0222. The zero-order valence-corrected chi connectivity index (χ0v) is 59.8. The molecule has 89 heavy (non-hydrogen) atoms. The minimum atomic E-state index is -4.95. The Hall–Kier alpha value is -1.94. The van der Waals surface area contributed by atoms with Gasteiger partial charge in [-0.1, -0.05) is 293 Å². The summed E-state index contributed by atoms with van der Waals surface area (Å²) in [5.74, 6) is 0.817. The predicted molar refractivity (Wildman–Crippen MR) is 358 cm³/mol. The van der Waals surface area contributed by atoms with E-state index in [1.54, 1.807) is 0 Å². The fourth-order valence-electron chi connectivity index (χ4n) is 10.5. The number of aliphatic hydroxyl groups excluding tert-OH is 1. The molecule has 0 aromatic carbocycles. The molecule has 17 nitrogen and oxygen atoms in total. The summed E-state index contributed by atoms with van der Waals surface area (Å²) >= 11 is 0. The number of esters is 4. The number of aliphatic hydroxyl groups is 1. The molecule has 0 aliphatic rings. The fourth-order valence-corrected chi connectivity index (χ4v) is 12.0. The van der Waals surface area contributed by atoms with E-state index in [-0.39, 0.29) is 25.7 Å². The summed E-state index contributed by atoms with van der Waals surface area (Å²) < 4.78 is 68.2. The Morgan fingerprint density at radius 1 is 0.315 bits per heavy atom. The van der Waals surface area contributed by atoms with Crippen molar-refractivity contribution >= 4 is 39.5 Å². The predicted octanol–water partition coefficient (Wildman–Crippen LogP) is 19.7. The van der Waals surface area contributed by atoms with Gasteiger partial charge in [-0.05, 0) is 49.4 Å². The van der Waals surface area contributed by atoms with E-state index in [4.69, 9.17) is 37.0 Å². The number of rotatable bonds is 67. The normalized spacial score (nSPS) is 14.6. The molecule has 528 valence electrons. The van der Waals surface area contributed by atoms with Crippen LogP contribution in [0.2, 0.25) is 0 Å². The lowest BCUT2D eigenvalue weighted by Crippen LogP contribution is -2.30. The molecule has 0 aromatic heterocycles. The van der Waals surface area contributed by atoms with Crippen LogP contribution >= 0.6 is 15.6 Å². The minimum absolute atomic E-state index is 0.102. The summed E-state index contributed by atoms with van der Waals surface area (Å²) in [5, 5.41) is 10.6. The maximum absolute atomic E-state index is 13.0. The lowest BCUT2D eigenvalue weighted by atomic mass is 10.00. The Morgan fingerprint density at radius 2 is 0.539 bits per heavy atom. The topological polar surface area (TPSA) is 237 Å². The van der Waals surface area contributed by atoms with Crippen LogP contribution < -0.4 is 0 Å². The second-order valence-corrected chi connectivity index (χ2v) is 29.8. The monoisotopic (exact) mass is 1310 g/mol. The standard InChI is InChI=1S/C70H136O17P2/c1-9-63(8)49-41-33-27-29-35-43-51-68(73)81-57-65(86-69(74)52-44-36-25-21-17-16-19-23-31-39-47-61(4)5)58-84-88(76,77)82-54-64(71)55-83-89(78,79)85-59-66(87-70(75)53-45-37-28-26-32-40-48-62(6)7)56-80-67(72)50-42-34-24-20-15-13-11-10-12-14-18-22-30-38-46-60(2)3/h60-66,71H,9-59H2,1-8H3,(H,76,77)(H,78,79)/t63?,64-,65+,66+/m0/s1. The first-order chi connectivity index (χ1) is 42.6. The highest BCUT2D eigenvalue weighted by atomic mass is 31.2.